The van der Waals surface area contributed by atoms with E-state index in [1.54, 1.807) is 7.05 Å². The molecule has 1 rings (SSSR count). The van der Waals surface area contributed by atoms with Gasteiger partial charge < -0.3 is 11.1 Å². The first-order chi connectivity index (χ1) is 8.47. The second kappa shape index (κ2) is 6.52. The summed E-state index contributed by atoms with van der Waals surface area (Å²) in [4.78, 5) is 13.5. The van der Waals surface area contributed by atoms with Gasteiger partial charge in [0.1, 0.15) is 0 Å². The molecule has 3 N–H and O–H groups in total. The predicted molar refractivity (Wildman–Crippen MR) is 74.3 cm³/mol. The Balaban J connectivity index is 2.96. The Kier molecular flexibility index (Phi) is 5.31. The zero-order valence-electron chi connectivity index (χ0n) is 11.6. The van der Waals surface area contributed by atoms with Crippen LogP contribution in [0.3, 0.4) is 0 Å². The SMILES string of the molecule is CNC(=O)CN(C)C(c1ccccc1C)C(C)N. The lowest BCUT2D eigenvalue weighted by molar-refractivity contribution is -0.122. The molecule has 0 aliphatic carbocycles. The van der Waals surface area contributed by atoms with Gasteiger partial charge in [0, 0.05) is 13.1 Å². The Morgan fingerprint density at radius 2 is 2.06 bits per heavy atom. The van der Waals surface area contributed by atoms with Gasteiger partial charge in [-0.15, -0.1) is 0 Å². The summed E-state index contributed by atoms with van der Waals surface area (Å²) in [5, 5.41) is 2.63. The summed E-state index contributed by atoms with van der Waals surface area (Å²) in [6, 6.07) is 8.16. The zero-order valence-corrected chi connectivity index (χ0v) is 11.6. The number of hydrogen-bond acceptors (Lipinski definition) is 3. The summed E-state index contributed by atoms with van der Waals surface area (Å²) in [6.45, 7) is 4.38. The standard InChI is InChI=1S/C14H23N3O/c1-10-7-5-6-8-12(10)14(11(2)15)17(4)9-13(18)16-3/h5-8,11,14H,9,15H2,1-4H3,(H,16,18). The van der Waals surface area contributed by atoms with Crippen molar-refractivity contribution in [1.82, 2.24) is 10.2 Å². The number of amides is 1. The van der Waals surface area contributed by atoms with Crippen LogP contribution in [0, 0.1) is 6.92 Å². The molecule has 100 valence electrons. The van der Waals surface area contributed by atoms with Crippen LogP contribution < -0.4 is 11.1 Å². The Bertz CT molecular complexity index is 404. The number of benzene rings is 1. The molecule has 18 heavy (non-hydrogen) atoms. The van der Waals surface area contributed by atoms with Gasteiger partial charge in [-0.2, -0.15) is 0 Å². The molecule has 0 aliphatic rings. The molecule has 4 nitrogen and oxygen atoms in total. The number of carbonyl (C=O) groups excluding carboxylic acids is 1. The number of nitrogens with one attached hydrogen (secondary N) is 1. The molecule has 1 aromatic rings. The van der Waals surface area contributed by atoms with Gasteiger partial charge in [-0.1, -0.05) is 24.3 Å². The van der Waals surface area contributed by atoms with Gasteiger partial charge in [0.25, 0.3) is 0 Å². The van der Waals surface area contributed by atoms with E-state index >= 15 is 0 Å². The number of carbonyl (C=O) groups is 1. The van der Waals surface area contributed by atoms with Crippen LogP contribution in [0.2, 0.25) is 0 Å². The first-order valence-corrected chi connectivity index (χ1v) is 6.19. The van der Waals surface area contributed by atoms with Crippen molar-refractivity contribution in [3.8, 4) is 0 Å². The smallest absolute Gasteiger partial charge is 0.233 e. The first-order valence-electron chi connectivity index (χ1n) is 6.19. The summed E-state index contributed by atoms with van der Waals surface area (Å²) in [5.74, 6) is -0.00302. The second-order valence-corrected chi connectivity index (χ2v) is 4.75. The van der Waals surface area contributed by atoms with Gasteiger partial charge in [0.05, 0.1) is 12.6 Å². The maximum atomic E-state index is 11.5. The third-order valence-corrected chi connectivity index (χ3v) is 3.15. The van der Waals surface area contributed by atoms with Gasteiger partial charge in [-0.3, -0.25) is 9.69 Å². The summed E-state index contributed by atoms with van der Waals surface area (Å²) in [7, 11) is 3.57. The normalized spacial score (nSPS) is 14.3. The molecule has 0 aliphatic heterocycles. The van der Waals surface area contributed by atoms with Crippen LogP contribution in [-0.2, 0) is 4.79 Å². The minimum Gasteiger partial charge on any atom is -0.358 e. The third-order valence-electron chi connectivity index (χ3n) is 3.15. The summed E-state index contributed by atoms with van der Waals surface area (Å²) in [6.07, 6.45) is 0. The van der Waals surface area contributed by atoms with Crippen molar-refractivity contribution >= 4 is 5.91 Å². The van der Waals surface area contributed by atoms with Gasteiger partial charge in [-0.25, -0.2) is 0 Å². The maximum absolute atomic E-state index is 11.5. The highest BCUT2D eigenvalue weighted by Crippen LogP contribution is 2.24. The molecule has 4 heteroatoms. The Hall–Kier alpha value is -1.39. The van der Waals surface area contributed by atoms with E-state index in [-0.39, 0.29) is 18.0 Å². The molecule has 0 spiro atoms. The summed E-state index contributed by atoms with van der Waals surface area (Å²) in [5.41, 5.74) is 8.46. The van der Waals surface area contributed by atoms with Crippen LogP contribution >= 0.6 is 0 Å². The molecule has 0 saturated carbocycles. The molecule has 0 fully saturated rings. The fraction of sp³-hybridized carbons (Fsp3) is 0.500. The molecule has 0 aromatic heterocycles. The highest BCUT2D eigenvalue weighted by atomic mass is 16.1. The third kappa shape index (κ3) is 3.55. The van der Waals surface area contributed by atoms with Gasteiger partial charge in [0.15, 0.2) is 0 Å². The number of rotatable bonds is 5. The highest BCUT2D eigenvalue weighted by Gasteiger charge is 2.23. The summed E-state index contributed by atoms with van der Waals surface area (Å²) < 4.78 is 0. The minimum absolute atomic E-state index is 0.00302. The number of likely N-dealkylation sites (N-methyl/N-ethyl adjacent to an activating group) is 2. The topological polar surface area (TPSA) is 58.4 Å². The van der Waals surface area contributed by atoms with Crippen LogP contribution in [0.15, 0.2) is 24.3 Å². The largest absolute Gasteiger partial charge is 0.358 e. The first kappa shape index (κ1) is 14.7. The molecule has 1 amide bonds. The lowest BCUT2D eigenvalue weighted by Crippen LogP contribution is -2.42. The molecule has 0 saturated heterocycles. The average molecular weight is 249 g/mol. The molecule has 2 unspecified atom stereocenters. The number of nitrogens with zero attached hydrogens (tertiary/aromatic N) is 1. The average Bonchev–Trinajstić information content (AvgIpc) is 2.31. The monoisotopic (exact) mass is 249 g/mol. The number of hydrogen-bond donors (Lipinski definition) is 2. The quantitative estimate of drug-likeness (QED) is 0.820. The molecule has 0 bridgehead atoms. The Morgan fingerprint density at radius 3 is 2.56 bits per heavy atom. The maximum Gasteiger partial charge on any atom is 0.233 e. The fourth-order valence-electron chi connectivity index (χ4n) is 2.24. The lowest BCUT2D eigenvalue weighted by Gasteiger charge is -2.31. The van der Waals surface area contributed by atoms with Crippen molar-refractivity contribution in [2.45, 2.75) is 25.9 Å². The minimum atomic E-state index is -0.0410. The van der Waals surface area contributed by atoms with Crippen LogP contribution in [0.4, 0.5) is 0 Å². The molecular formula is C14H23N3O. The molecule has 1 aromatic carbocycles. The second-order valence-electron chi connectivity index (χ2n) is 4.75. The highest BCUT2D eigenvalue weighted by molar-refractivity contribution is 5.77. The molecule has 0 heterocycles. The van der Waals surface area contributed by atoms with E-state index in [1.807, 2.05) is 31.0 Å². The van der Waals surface area contributed by atoms with Crippen LogP contribution in [0.5, 0.6) is 0 Å². The van der Waals surface area contributed by atoms with Crippen LogP contribution in [0.1, 0.15) is 24.1 Å². The fourth-order valence-corrected chi connectivity index (χ4v) is 2.24. The number of aryl methyl sites for hydroxylation is 1. The van der Waals surface area contributed by atoms with E-state index in [1.165, 1.54) is 11.1 Å². The van der Waals surface area contributed by atoms with E-state index in [2.05, 4.69) is 24.4 Å². The van der Waals surface area contributed by atoms with E-state index in [0.29, 0.717) is 6.54 Å². The van der Waals surface area contributed by atoms with Gasteiger partial charge in [-0.05, 0) is 32.0 Å². The van der Waals surface area contributed by atoms with Crippen molar-refractivity contribution in [2.24, 2.45) is 5.73 Å². The van der Waals surface area contributed by atoms with Gasteiger partial charge in [0.2, 0.25) is 5.91 Å². The van der Waals surface area contributed by atoms with Crippen molar-refractivity contribution in [3.05, 3.63) is 35.4 Å². The predicted octanol–water partition coefficient (Wildman–Crippen LogP) is 1.06. The van der Waals surface area contributed by atoms with Crippen molar-refractivity contribution in [2.75, 3.05) is 20.6 Å². The van der Waals surface area contributed by atoms with E-state index in [9.17, 15) is 4.79 Å². The van der Waals surface area contributed by atoms with E-state index in [0.717, 1.165) is 0 Å². The van der Waals surface area contributed by atoms with Crippen molar-refractivity contribution < 1.29 is 4.79 Å². The lowest BCUT2D eigenvalue weighted by atomic mass is 9.95. The molecule has 0 radical (unpaired) electrons. The molecule has 2 atom stereocenters. The number of nitrogens with two attached hydrogens (primary N) is 1. The van der Waals surface area contributed by atoms with Gasteiger partial charge >= 0.3 is 0 Å². The Labute approximate surface area is 109 Å². The van der Waals surface area contributed by atoms with Crippen molar-refractivity contribution in [3.63, 3.8) is 0 Å². The molecular weight excluding hydrogens is 226 g/mol. The Morgan fingerprint density at radius 1 is 1.44 bits per heavy atom. The van der Waals surface area contributed by atoms with Crippen LogP contribution in [0.25, 0.3) is 0 Å². The van der Waals surface area contributed by atoms with Crippen LogP contribution in [-0.4, -0.2) is 37.5 Å². The van der Waals surface area contributed by atoms with E-state index < -0.39 is 0 Å². The summed E-state index contributed by atoms with van der Waals surface area (Å²) >= 11 is 0. The van der Waals surface area contributed by atoms with E-state index in [4.69, 9.17) is 5.73 Å². The zero-order chi connectivity index (χ0) is 13.7. The van der Waals surface area contributed by atoms with Crippen molar-refractivity contribution in [1.29, 1.82) is 0 Å².